The third-order valence-electron chi connectivity index (χ3n) is 3.68. The largest absolute Gasteiger partial charge is 0.481 e. The van der Waals surface area contributed by atoms with Crippen LogP contribution in [0.4, 0.5) is 0 Å². The summed E-state index contributed by atoms with van der Waals surface area (Å²) in [7, 11) is 0. The van der Waals surface area contributed by atoms with Crippen molar-refractivity contribution in [1.82, 2.24) is 0 Å². The Balaban J connectivity index is 2.20. The molecule has 20 heavy (non-hydrogen) atoms. The summed E-state index contributed by atoms with van der Waals surface area (Å²) in [6.07, 6.45) is 1.04. The van der Waals surface area contributed by atoms with E-state index >= 15 is 0 Å². The Hall–Kier alpha value is -2.09. The summed E-state index contributed by atoms with van der Waals surface area (Å²) in [4.78, 5) is 10.9. The molecule has 0 aliphatic rings. The molecule has 2 rings (SSSR count). The molecule has 104 valence electrons. The average Bonchev–Trinajstić information content (AvgIpc) is 2.46. The summed E-state index contributed by atoms with van der Waals surface area (Å²) in [6.45, 7) is 4.10. The number of benzene rings is 2. The van der Waals surface area contributed by atoms with Gasteiger partial charge in [-0.25, -0.2) is 0 Å². The number of carboxylic acid groups (broad SMARTS) is 1. The minimum absolute atomic E-state index is 0.0968. The molecule has 1 atom stereocenters. The van der Waals surface area contributed by atoms with Gasteiger partial charge in [-0.15, -0.1) is 0 Å². The lowest BCUT2D eigenvalue weighted by atomic mass is 9.91. The van der Waals surface area contributed by atoms with Crippen molar-refractivity contribution in [2.75, 3.05) is 0 Å². The topological polar surface area (TPSA) is 37.3 Å². The summed E-state index contributed by atoms with van der Waals surface area (Å²) in [6, 6.07) is 16.7. The average molecular weight is 268 g/mol. The van der Waals surface area contributed by atoms with Crippen molar-refractivity contribution in [2.45, 2.75) is 32.6 Å². The number of aliphatic carboxylic acids is 1. The van der Waals surface area contributed by atoms with Gasteiger partial charge in [0.25, 0.3) is 0 Å². The highest BCUT2D eigenvalue weighted by Gasteiger charge is 2.13. The molecule has 2 aromatic rings. The predicted octanol–water partition coefficient (Wildman–Crippen LogP) is 4.63. The lowest BCUT2D eigenvalue weighted by Gasteiger charge is -2.13. The Bertz CT molecular complexity index is 567. The number of carboxylic acids is 1. The maximum absolute atomic E-state index is 10.9. The Morgan fingerprint density at radius 3 is 1.95 bits per heavy atom. The zero-order valence-electron chi connectivity index (χ0n) is 12.0. The SMILES string of the molecule is CCC(CC(=O)O)c1ccc(-c2ccc(C)cc2)cc1. The van der Waals surface area contributed by atoms with E-state index in [9.17, 15) is 4.79 Å². The van der Waals surface area contributed by atoms with Crippen LogP contribution >= 0.6 is 0 Å². The maximum Gasteiger partial charge on any atom is 0.303 e. The predicted molar refractivity (Wildman–Crippen MR) is 81.9 cm³/mol. The van der Waals surface area contributed by atoms with Crippen LogP contribution in [0.5, 0.6) is 0 Å². The molecule has 2 aromatic carbocycles. The second kappa shape index (κ2) is 6.38. The first-order valence-electron chi connectivity index (χ1n) is 6.99. The fraction of sp³-hybridized carbons (Fsp3) is 0.278. The zero-order valence-corrected chi connectivity index (χ0v) is 12.0. The quantitative estimate of drug-likeness (QED) is 0.858. The van der Waals surface area contributed by atoms with E-state index in [4.69, 9.17) is 5.11 Å². The van der Waals surface area contributed by atoms with Crippen LogP contribution in [0.2, 0.25) is 0 Å². The molecule has 0 aliphatic heterocycles. The van der Waals surface area contributed by atoms with Gasteiger partial charge in [-0.1, -0.05) is 61.0 Å². The second-order valence-electron chi connectivity index (χ2n) is 5.19. The highest BCUT2D eigenvalue weighted by molar-refractivity contribution is 5.68. The zero-order chi connectivity index (χ0) is 14.5. The normalized spacial score (nSPS) is 12.1. The molecule has 0 heterocycles. The van der Waals surface area contributed by atoms with E-state index in [1.165, 1.54) is 16.7 Å². The molecule has 2 heteroatoms. The van der Waals surface area contributed by atoms with Crippen molar-refractivity contribution >= 4 is 5.97 Å². The summed E-state index contributed by atoms with van der Waals surface area (Å²) < 4.78 is 0. The van der Waals surface area contributed by atoms with Gasteiger partial charge in [0.1, 0.15) is 0 Å². The number of hydrogen-bond acceptors (Lipinski definition) is 1. The van der Waals surface area contributed by atoms with E-state index in [0.717, 1.165) is 12.0 Å². The van der Waals surface area contributed by atoms with Crippen LogP contribution < -0.4 is 0 Å². The van der Waals surface area contributed by atoms with Gasteiger partial charge in [0.2, 0.25) is 0 Å². The first kappa shape index (κ1) is 14.3. The third-order valence-corrected chi connectivity index (χ3v) is 3.68. The van der Waals surface area contributed by atoms with Gasteiger partial charge in [0.05, 0.1) is 6.42 Å². The Morgan fingerprint density at radius 1 is 1.00 bits per heavy atom. The van der Waals surface area contributed by atoms with Crippen molar-refractivity contribution < 1.29 is 9.90 Å². The molecule has 0 spiro atoms. The van der Waals surface area contributed by atoms with Crippen molar-refractivity contribution in [3.63, 3.8) is 0 Å². The summed E-state index contributed by atoms with van der Waals surface area (Å²) in [5, 5.41) is 8.93. The maximum atomic E-state index is 10.9. The van der Waals surface area contributed by atoms with Crippen LogP contribution in [-0.2, 0) is 4.79 Å². The monoisotopic (exact) mass is 268 g/mol. The van der Waals surface area contributed by atoms with Crippen molar-refractivity contribution in [1.29, 1.82) is 0 Å². The molecular formula is C18H20O2. The number of aryl methyl sites for hydroxylation is 1. The summed E-state index contributed by atoms with van der Waals surface area (Å²) in [5.41, 5.74) is 4.70. The fourth-order valence-corrected chi connectivity index (χ4v) is 2.40. The van der Waals surface area contributed by atoms with E-state index in [1.807, 2.05) is 19.1 Å². The summed E-state index contributed by atoms with van der Waals surface area (Å²) in [5.74, 6) is -0.640. The molecule has 0 aliphatic carbocycles. The van der Waals surface area contributed by atoms with Gasteiger partial charge in [-0.3, -0.25) is 4.79 Å². The Kier molecular flexibility index (Phi) is 4.57. The fourth-order valence-electron chi connectivity index (χ4n) is 2.40. The van der Waals surface area contributed by atoms with E-state index in [2.05, 4.69) is 43.3 Å². The van der Waals surface area contributed by atoms with E-state index < -0.39 is 5.97 Å². The minimum Gasteiger partial charge on any atom is -0.481 e. The van der Waals surface area contributed by atoms with Crippen LogP contribution in [-0.4, -0.2) is 11.1 Å². The number of hydrogen-bond donors (Lipinski definition) is 1. The van der Waals surface area contributed by atoms with Crippen molar-refractivity contribution in [2.24, 2.45) is 0 Å². The highest BCUT2D eigenvalue weighted by Crippen LogP contribution is 2.26. The molecule has 0 fully saturated rings. The van der Waals surface area contributed by atoms with Gasteiger partial charge >= 0.3 is 5.97 Å². The lowest BCUT2D eigenvalue weighted by molar-refractivity contribution is -0.137. The van der Waals surface area contributed by atoms with E-state index in [1.54, 1.807) is 0 Å². The third kappa shape index (κ3) is 3.47. The van der Waals surface area contributed by atoms with Gasteiger partial charge in [0, 0.05) is 0 Å². The molecule has 0 amide bonds. The Labute approximate surface area is 120 Å². The van der Waals surface area contributed by atoms with Crippen molar-refractivity contribution in [3.05, 3.63) is 59.7 Å². The van der Waals surface area contributed by atoms with Gasteiger partial charge < -0.3 is 5.11 Å². The van der Waals surface area contributed by atoms with Crippen LogP contribution in [0.1, 0.15) is 36.8 Å². The number of carbonyl (C=O) groups is 1. The summed E-state index contributed by atoms with van der Waals surface area (Å²) >= 11 is 0. The first-order chi connectivity index (χ1) is 9.60. The van der Waals surface area contributed by atoms with Crippen LogP contribution in [0.25, 0.3) is 11.1 Å². The highest BCUT2D eigenvalue weighted by atomic mass is 16.4. The van der Waals surface area contributed by atoms with Crippen LogP contribution in [0, 0.1) is 6.92 Å². The molecule has 0 saturated carbocycles. The van der Waals surface area contributed by atoms with Crippen molar-refractivity contribution in [3.8, 4) is 11.1 Å². The molecule has 0 bridgehead atoms. The Morgan fingerprint density at radius 2 is 1.50 bits per heavy atom. The number of rotatable bonds is 5. The standard InChI is InChI=1S/C18H20O2/c1-3-14(12-18(19)20)15-8-10-17(11-9-15)16-6-4-13(2)5-7-16/h4-11,14H,3,12H2,1-2H3,(H,19,20). The van der Waals surface area contributed by atoms with E-state index in [-0.39, 0.29) is 12.3 Å². The van der Waals surface area contributed by atoms with Crippen LogP contribution in [0.3, 0.4) is 0 Å². The molecular weight excluding hydrogens is 248 g/mol. The molecule has 2 nitrogen and oxygen atoms in total. The smallest absolute Gasteiger partial charge is 0.303 e. The van der Waals surface area contributed by atoms with Gasteiger partial charge in [-0.05, 0) is 36.0 Å². The molecule has 1 N–H and O–H groups in total. The molecule has 0 aromatic heterocycles. The second-order valence-corrected chi connectivity index (χ2v) is 5.19. The molecule has 0 saturated heterocycles. The first-order valence-corrected chi connectivity index (χ1v) is 6.99. The van der Waals surface area contributed by atoms with E-state index in [0.29, 0.717) is 0 Å². The van der Waals surface area contributed by atoms with Crippen LogP contribution in [0.15, 0.2) is 48.5 Å². The lowest BCUT2D eigenvalue weighted by Crippen LogP contribution is -2.05. The molecule has 0 radical (unpaired) electrons. The van der Waals surface area contributed by atoms with Gasteiger partial charge in [0.15, 0.2) is 0 Å². The van der Waals surface area contributed by atoms with Gasteiger partial charge in [-0.2, -0.15) is 0 Å². The minimum atomic E-state index is -0.737. The molecule has 1 unspecified atom stereocenters.